The van der Waals surface area contributed by atoms with Crippen LogP contribution in [0, 0.1) is 0 Å². The number of sulfone groups is 1. The van der Waals surface area contributed by atoms with Crippen LogP contribution < -0.4 is 0 Å². The molecule has 3 rings (SSSR count). The average Bonchev–Trinajstić information content (AvgIpc) is 2.90. The Morgan fingerprint density at radius 3 is 2.53 bits per heavy atom. The molecule has 1 aromatic heterocycles. The molecular formula is C13H11NO2S. The average molecular weight is 245 g/mol. The molecule has 3 nitrogen and oxygen atoms in total. The first kappa shape index (κ1) is 10.4. The van der Waals surface area contributed by atoms with Crippen molar-refractivity contribution in [1.29, 1.82) is 0 Å². The molecule has 0 radical (unpaired) electrons. The zero-order chi connectivity index (χ0) is 11.9. The van der Waals surface area contributed by atoms with Gasteiger partial charge < -0.3 is 4.57 Å². The van der Waals surface area contributed by atoms with E-state index >= 15 is 0 Å². The summed E-state index contributed by atoms with van der Waals surface area (Å²) in [4.78, 5) is 0.705. The Morgan fingerprint density at radius 1 is 1.06 bits per heavy atom. The fourth-order valence-electron chi connectivity index (χ4n) is 1.97. The quantitative estimate of drug-likeness (QED) is 0.814. The molecule has 2 heterocycles. The zero-order valence-electron chi connectivity index (χ0n) is 9.08. The van der Waals surface area contributed by atoms with Gasteiger partial charge in [-0.3, -0.25) is 0 Å². The number of fused-ring (bicyclic) bond motifs is 1. The summed E-state index contributed by atoms with van der Waals surface area (Å²) in [6, 6.07) is 10.2. The largest absolute Gasteiger partial charge is 0.343 e. The highest BCUT2D eigenvalue weighted by molar-refractivity contribution is 7.91. The van der Waals surface area contributed by atoms with E-state index in [1.54, 1.807) is 36.5 Å². The number of aromatic nitrogens is 1. The number of hydrogen-bond acceptors (Lipinski definition) is 2. The van der Waals surface area contributed by atoms with Crippen LogP contribution in [0.25, 0.3) is 6.08 Å². The van der Waals surface area contributed by atoms with Crippen molar-refractivity contribution in [3.05, 3.63) is 54.4 Å². The fourth-order valence-corrected chi connectivity index (χ4v) is 3.30. The third-order valence-corrected chi connectivity index (χ3v) is 4.60. The molecule has 0 saturated carbocycles. The molecule has 0 spiro atoms. The Labute approximate surface area is 99.9 Å². The highest BCUT2D eigenvalue weighted by Gasteiger charge is 2.20. The Balaban J connectivity index is 2.12. The molecule has 1 aliphatic heterocycles. The SMILES string of the molecule is O=S(=O)(c1ccccc1)c1cc2n(c1)CC=C2. The molecule has 1 aliphatic rings. The highest BCUT2D eigenvalue weighted by Crippen LogP contribution is 2.25. The molecule has 0 bridgehead atoms. The van der Waals surface area contributed by atoms with Crippen LogP contribution in [0.1, 0.15) is 5.69 Å². The van der Waals surface area contributed by atoms with Crippen LogP contribution in [0.2, 0.25) is 0 Å². The summed E-state index contributed by atoms with van der Waals surface area (Å²) in [5.41, 5.74) is 0.944. The lowest BCUT2D eigenvalue weighted by Gasteiger charge is -2.01. The lowest BCUT2D eigenvalue weighted by atomic mass is 10.4. The predicted molar refractivity (Wildman–Crippen MR) is 65.4 cm³/mol. The summed E-state index contributed by atoms with van der Waals surface area (Å²) in [5, 5.41) is 0. The van der Waals surface area contributed by atoms with Crippen LogP contribution in [0.15, 0.2) is 58.5 Å². The first-order valence-corrected chi connectivity index (χ1v) is 6.83. The van der Waals surface area contributed by atoms with Crippen LogP contribution >= 0.6 is 0 Å². The smallest absolute Gasteiger partial charge is 0.208 e. The Bertz CT molecular complexity index is 681. The van der Waals surface area contributed by atoms with Gasteiger partial charge in [-0.05, 0) is 24.3 Å². The van der Waals surface area contributed by atoms with Crippen molar-refractivity contribution in [3.63, 3.8) is 0 Å². The summed E-state index contributed by atoms with van der Waals surface area (Å²) in [5.74, 6) is 0. The number of benzene rings is 1. The van der Waals surface area contributed by atoms with Gasteiger partial charge in [0.25, 0.3) is 0 Å². The van der Waals surface area contributed by atoms with Gasteiger partial charge >= 0.3 is 0 Å². The van der Waals surface area contributed by atoms with E-state index in [1.807, 2.05) is 22.8 Å². The molecule has 2 aromatic rings. The molecule has 1 aromatic carbocycles. The zero-order valence-corrected chi connectivity index (χ0v) is 9.89. The molecule has 17 heavy (non-hydrogen) atoms. The van der Waals surface area contributed by atoms with E-state index in [0.29, 0.717) is 9.79 Å². The Morgan fingerprint density at radius 2 is 1.82 bits per heavy atom. The molecule has 0 atom stereocenters. The van der Waals surface area contributed by atoms with Gasteiger partial charge in [-0.2, -0.15) is 0 Å². The second kappa shape index (κ2) is 3.60. The summed E-state index contributed by atoms with van der Waals surface area (Å²) in [7, 11) is -3.37. The summed E-state index contributed by atoms with van der Waals surface area (Å²) in [6.45, 7) is 0.750. The van der Waals surface area contributed by atoms with E-state index in [4.69, 9.17) is 0 Å². The summed E-state index contributed by atoms with van der Waals surface area (Å²) < 4.78 is 26.5. The minimum atomic E-state index is -3.37. The van der Waals surface area contributed by atoms with Crippen molar-refractivity contribution in [2.24, 2.45) is 0 Å². The van der Waals surface area contributed by atoms with E-state index < -0.39 is 9.84 Å². The fraction of sp³-hybridized carbons (Fsp3) is 0.0769. The van der Waals surface area contributed by atoms with Gasteiger partial charge in [0.15, 0.2) is 0 Å². The predicted octanol–water partition coefficient (Wildman–Crippen LogP) is 2.35. The topological polar surface area (TPSA) is 39.1 Å². The summed E-state index contributed by atoms with van der Waals surface area (Å²) in [6.07, 6.45) is 5.63. The van der Waals surface area contributed by atoms with Crippen LogP contribution in [-0.4, -0.2) is 13.0 Å². The Hall–Kier alpha value is -1.81. The van der Waals surface area contributed by atoms with Gasteiger partial charge in [-0.25, -0.2) is 8.42 Å². The monoisotopic (exact) mass is 245 g/mol. The van der Waals surface area contributed by atoms with Crippen molar-refractivity contribution >= 4 is 15.9 Å². The first-order valence-electron chi connectivity index (χ1n) is 5.35. The Kier molecular flexibility index (Phi) is 2.19. The number of hydrogen-bond donors (Lipinski definition) is 0. The molecule has 0 amide bonds. The maximum Gasteiger partial charge on any atom is 0.208 e. The number of allylic oxidation sites excluding steroid dienone is 1. The van der Waals surface area contributed by atoms with Gasteiger partial charge in [0.05, 0.1) is 9.79 Å². The van der Waals surface area contributed by atoms with Crippen molar-refractivity contribution in [2.75, 3.05) is 0 Å². The van der Waals surface area contributed by atoms with Crippen molar-refractivity contribution in [1.82, 2.24) is 4.57 Å². The highest BCUT2D eigenvalue weighted by atomic mass is 32.2. The van der Waals surface area contributed by atoms with E-state index in [-0.39, 0.29) is 0 Å². The van der Waals surface area contributed by atoms with E-state index in [9.17, 15) is 8.42 Å². The third kappa shape index (κ3) is 1.61. The minimum Gasteiger partial charge on any atom is -0.343 e. The van der Waals surface area contributed by atoms with Crippen LogP contribution in [0.4, 0.5) is 0 Å². The van der Waals surface area contributed by atoms with Gasteiger partial charge in [0.1, 0.15) is 0 Å². The lowest BCUT2D eigenvalue weighted by Crippen LogP contribution is -2.00. The van der Waals surface area contributed by atoms with Crippen molar-refractivity contribution in [3.8, 4) is 0 Å². The van der Waals surface area contributed by atoms with E-state index in [1.165, 1.54) is 0 Å². The molecule has 0 saturated heterocycles. The number of rotatable bonds is 2. The molecule has 0 aliphatic carbocycles. The molecule has 0 fully saturated rings. The second-order valence-electron chi connectivity index (χ2n) is 3.97. The van der Waals surface area contributed by atoms with E-state index in [2.05, 4.69) is 0 Å². The molecule has 0 unspecified atom stereocenters. The van der Waals surface area contributed by atoms with Crippen LogP contribution in [0.5, 0.6) is 0 Å². The maximum absolute atomic E-state index is 12.3. The third-order valence-electron chi connectivity index (χ3n) is 2.86. The van der Waals surface area contributed by atoms with Crippen molar-refractivity contribution in [2.45, 2.75) is 16.3 Å². The normalized spacial score (nSPS) is 13.9. The first-order chi connectivity index (χ1) is 8.18. The molecular weight excluding hydrogens is 234 g/mol. The van der Waals surface area contributed by atoms with Gasteiger partial charge in [-0.15, -0.1) is 0 Å². The standard InChI is InChI=1S/C13H11NO2S/c15-17(16,12-6-2-1-3-7-12)13-9-11-5-4-8-14(11)10-13/h1-7,9-10H,8H2. The summed E-state index contributed by atoms with van der Waals surface area (Å²) >= 11 is 0. The van der Waals surface area contributed by atoms with Gasteiger partial charge in [0, 0.05) is 18.4 Å². The van der Waals surface area contributed by atoms with Crippen molar-refractivity contribution < 1.29 is 8.42 Å². The molecule has 4 heteroatoms. The minimum absolute atomic E-state index is 0.341. The van der Waals surface area contributed by atoms with Crippen LogP contribution in [0.3, 0.4) is 0 Å². The van der Waals surface area contributed by atoms with E-state index in [0.717, 1.165) is 12.2 Å². The van der Waals surface area contributed by atoms with Gasteiger partial charge in [0.2, 0.25) is 9.84 Å². The lowest BCUT2D eigenvalue weighted by molar-refractivity contribution is 0.596. The second-order valence-corrected chi connectivity index (χ2v) is 5.92. The van der Waals surface area contributed by atoms with Gasteiger partial charge in [-0.1, -0.05) is 24.3 Å². The number of nitrogens with zero attached hydrogens (tertiary/aromatic N) is 1. The van der Waals surface area contributed by atoms with Crippen LogP contribution in [-0.2, 0) is 16.4 Å². The molecule has 86 valence electrons. The molecule has 0 N–H and O–H groups in total. The maximum atomic E-state index is 12.3.